The molecule has 21 heavy (non-hydrogen) atoms. The van der Waals surface area contributed by atoms with Gasteiger partial charge in [0.05, 0.1) is 23.9 Å². The molecule has 2 aromatic rings. The second-order valence-corrected chi connectivity index (χ2v) is 4.59. The summed E-state index contributed by atoms with van der Waals surface area (Å²) in [5.74, 6) is -0.581. The predicted octanol–water partition coefficient (Wildman–Crippen LogP) is 2.23. The molecule has 6 nitrogen and oxygen atoms in total. The SMILES string of the molecule is CC(C)OC(=O)Cc1cc(-c2cncnc2)nn1C(F)F. The van der Waals surface area contributed by atoms with Crippen molar-refractivity contribution in [2.24, 2.45) is 0 Å². The van der Waals surface area contributed by atoms with Gasteiger partial charge in [0.15, 0.2) is 0 Å². The Hall–Kier alpha value is -2.38. The fourth-order valence-electron chi connectivity index (χ4n) is 1.76. The molecule has 0 unspecified atom stereocenters. The summed E-state index contributed by atoms with van der Waals surface area (Å²) >= 11 is 0. The average molecular weight is 296 g/mol. The van der Waals surface area contributed by atoms with E-state index < -0.39 is 12.5 Å². The van der Waals surface area contributed by atoms with Gasteiger partial charge in [0.1, 0.15) is 6.33 Å². The van der Waals surface area contributed by atoms with Crippen molar-refractivity contribution in [1.82, 2.24) is 19.7 Å². The topological polar surface area (TPSA) is 69.9 Å². The number of carbonyl (C=O) groups is 1. The minimum atomic E-state index is -2.84. The van der Waals surface area contributed by atoms with Gasteiger partial charge in [-0.15, -0.1) is 0 Å². The van der Waals surface area contributed by atoms with Crippen molar-refractivity contribution < 1.29 is 18.3 Å². The average Bonchev–Trinajstić information content (AvgIpc) is 2.82. The number of hydrogen-bond donors (Lipinski definition) is 0. The van der Waals surface area contributed by atoms with Crippen LogP contribution < -0.4 is 0 Å². The molecule has 0 saturated heterocycles. The van der Waals surface area contributed by atoms with E-state index in [1.54, 1.807) is 13.8 Å². The van der Waals surface area contributed by atoms with Gasteiger partial charge in [-0.1, -0.05) is 0 Å². The third-order valence-corrected chi connectivity index (χ3v) is 2.55. The molecule has 0 aliphatic rings. The van der Waals surface area contributed by atoms with E-state index in [0.717, 1.165) is 0 Å². The van der Waals surface area contributed by atoms with Crippen LogP contribution in [0.15, 0.2) is 24.8 Å². The van der Waals surface area contributed by atoms with Gasteiger partial charge in [-0.25, -0.2) is 14.6 Å². The zero-order valence-electron chi connectivity index (χ0n) is 11.5. The van der Waals surface area contributed by atoms with E-state index >= 15 is 0 Å². The van der Waals surface area contributed by atoms with Crippen molar-refractivity contribution in [3.05, 3.63) is 30.5 Å². The largest absolute Gasteiger partial charge is 0.463 e. The molecule has 0 aliphatic heterocycles. The molecular formula is C13H14F2N4O2. The van der Waals surface area contributed by atoms with E-state index in [1.165, 1.54) is 24.8 Å². The van der Waals surface area contributed by atoms with Crippen molar-refractivity contribution in [2.45, 2.75) is 32.9 Å². The van der Waals surface area contributed by atoms with Crippen LogP contribution in [0.5, 0.6) is 0 Å². The number of rotatable bonds is 5. The summed E-state index contributed by atoms with van der Waals surface area (Å²) in [6.07, 6.45) is 3.67. The Morgan fingerprint density at radius 1 is 1.33 bits per heavy atom. The van der Waals surface area contributed by atoms with Gasteiger partial charge in [-0.2, -0.15) is 13.9 Å². The number of carbonyl (C=O) groups excluding carboxylic acids is 1. The summed E-state index contributed by atoms with van der Waals surface area (Å²) in [6.45, 7) is 0.537. The minimum absolute atomic E-state index is 0.0782. The molecule has 2 heterocycles. The van der Waals surface area contributed by atoms with Crippen molar-refractivity contribution >= 4 is 5.97 Å². The zero-order chi connectivity index (χ0) is 15.4. The van der Waals surface area contributed by atoms with Crippen LogP contribution in [0.25, 0.3) is 11.3 Å². The van der Waals surface area contributed by atoms with Crippen LogP contribution in [-0.4, -0.2) is 31.8 Å². The Labute approximate surface area is 119 Å². The lowest BCUT2D eigenvalue weighted by molar-refractivity contribution is -0.146. The molecule has 0 fully saturated rings. The number of hydrogen-bond acceptors (Lipinski definition) is 5. The molecule has 0 aliphatic carbocycles. The third-order valence-electron chi connectivity index (χ3n) is 2.55. The zero-order valence-corrected chi connectivity index (χ0v) is 11.5. The lowest BCUT2D eigenvalue weighted by atomic mass is 10.2. The molecule has 0 N–H and O–H groups in total. The molecule has 0 atom stereocenters. The quantitative estimate of drug-likeness (QED) is 0.791. The first kappa shape index (κ1) is 15.0. The number of ether oxygens (including phenoxy) is 1. The molecular weight excluding hydrogens is 282 g/mol. The molecule has 112 valence electrons. The van der Waals surface area contributed by atoms with E-state index in [4.69, 9.17) is 4.74 Å². The molecule has 0 saturated carbocycles. The summed E-state index contributed by atoms with van der Waals surface area (Å²) in [7, 11) is 0. The lowest BCUT2D eigenvalue weighted by Gasteiger charge is -2.08. The Kier molecular flexibility index (Phi) is 4.56. The van der Waals surface area contributed by atoms with Gasteiger partial charge in [0, 0.05) is 18.0 Å². The van der Waals surface area contributed by atoms with Gasteiger partial charge in [-0.05, 0) is 19.9 Å². The Morgan fingerprint density at radius 3 is 2.57 bits per heavy atom. The molecule has 0 amide bonds. The molecule has 2 aromatic heterocycles. The van der Waals surface area contributed by atoms with E-state index in [-0.39, 0.29) is 23.9 Å². The molecule has 0 bridgehead atoms. The van der Waals surface area contributed by atoms with Crippen molar-refractivity contribution in [3.8, 4) is 11.3 Å². The smallest absolute Gasteiger partial charge is 0.333 e. The highest BCUT2D eigenvalue weighted by molar-refractivity contribution is 5.73. The third kappa shape index (κ3) is 3.80. The second-order valence-electron chi connectivity index (χ2n) is 4.59. The highest BCUT2D eigenvalue weighted by Crippen LogP contribution is 2.22. The highest BCUT2D eigenvalue weighted by Gasteiger charge is 2.19. The summed E-state index contributed by atoms with van der Waals surface area (Å²) in [5.41, 5.74) is 0.855. The van der Waals surface area contributed by atoms with Crippen LogP contribution in [-0.2, 0) is 16.0 Å². The maximum Gasteiger partial charge on any atom is 0.333 e. The first-order valence-corrected chi connectivity index (χ1v) is 6.29. The van der Waals surface area contributed by atoms with Gasteiger partial charge >= 0.3 is 12.5 Å². The lowest BCUT2D eigenvalue weighted by Crippen LogP contribution is -2.16. The number of esters is 1. The van der Waals surface area contributed by atoms with Crippen LogP contribution in [0.3, 0.4) is 0 Å². The number of nitrogens with zero attached hydrogens (tertiary/aromatic N) is 4. The van der Waals surface area contributed by atoms with Crippen LogP contribution in [0.4, 0.5) is 8.78 Å². The van der Waals surface area contributed by atoms with Gasteiger partial charge in [-0.3, -0.25) is 4.79 Å². The summed E-state index contributed by atoms with van der Waals surface area (Å²) in [4.78, 5) is 19.2. The van der Waals surface area contributed by atoms with Crippen molar-refractivity contribution in [3.63, 3.8) is 0 Å². The van der Waals surface area contributed by atoms with Crippen LogP contribution in [0.1, 0.15) is 26.1 Å². The second kappa shape index (κ2) is 6.38. The molecule has 0 aromatic carbocycles. The van der Waals surface area contributed by atoms with Crippen molar-refractivity contribution in [1.29, 1.82) is 0 Å². The monoisotopic (exact) mass is 296 g/mol. The molecule has 8 heteroatoms. The van der Waals surface area contributed by atoms with Crippen LogP contribution in [0.2, 0.25) is 0 Å². The fraction of sp³-hybridized carbons (Fsp3) is 0.385. The highest BCUT2D eigenvalue weighted by atomic mass is 19.3. The standard InChI is InChI=1S/C13H14F2N4O2/c1-8(2)21-12(20)4-10-3-11(18-19(10)13(14)15)9-5-16-7-17-6-9/h3,5-8,13H,4H2,1-2H3. The van der Waals surface area contributed by atoms with Crippen LogP contribution in [0, 0.1) is 0 Å². The summed E-state index contributed by atoms with van der Waals surface area (Å²) < 4.78 is 31.4. The van der Waals surface area contributed by atoms with Gasteiger partial charge < -0.3 is 4.74 Å². The molecule has 2 rings (SSSR count). The number of alkyl halides is 2. The van der Waals surface area contributed by atoms with E-state index in [9.17, 15) is 13.6 Å². The predicted molar refractivity (Wildman–Crippen MR) is 69.4 cm³/mol. The molecule has 0 radical (unpaired) electrons. The van der Waals surface area contributed by atoms with E-state index in [1.807, 2.05) is 0 Å². The van der Waals surface area contributed by atoms with E-state index in [2.05, 4.69) is 15.1 Å². The summed E-state index contributed by atoms with van der Waals surface area (Å²) in [5, 5.41) is 3.79. The summed E-state index contributed by atoms with van der Waals surface area (Å²) in [6, 6.07) is 1.41. The first-order chi connectivity index (χ1) is 9.97. The first-order valence-electron chi connectivity index (χ1n) is 6.29. The maximum absolute atomic E-state index is 13.0. The maximum atomic E-state index is 13.0. The molecule has 0 spiro atoms. The number of aromatic nitrogens is 4. The minimum Gasteiger partial charge on any atom is -0.463 e. The van der Waals surface area contributed by atoms with E-state index in [0.29, 0.717) is 10.2 Å². The van der Waals surface area contributed by atoms with Crippen molar-refractivity contribution in [2.75, 3.05) is 0 Å². The fourth-order valence-corrected chi connectivity index (χ4v) is 1.76. The van der Waals surface area contributed by atoms with Gasteiger partial charge in [0.2, 0.25) is 0 Å². The van der Waals surface area contributed by atoms with Crippen LogP contribution >= 0.6 is 0 Å². The Morgan fingerprint density at radius 2 is 2.00 bits per heavy atom. The Balaban J connectivity index is 2.28. The van der Waals surface area contributed by atoms with Gasteiger partial charge in [0.25, 0.3) is 0 Å². The number of halogens is 2. The Bertz CT molecular complexity index is 614. The normalized spacial score (nSPS) is 11.1.